The fraction of sp³-hybridized carbons (Fsp3) is 0.400. The summed E-state index contributed by atoms with van der Waals surface area (Å²) in [7, 11) is 0. The molecule has 1 aromatic carbocycles. The molecule has 1 aliphatic heterocycles. The fourth-order valence-electron chi connectivity index (χ4n) is 3.28. The highest BCUT2D eigenvalue weighted by molar-refractivity contribution is 7.12. The second kappa shape index (κ2) is 9.01. The van der Waals surface area contributed by atoms with Crippen LogP contribution in [0.3, 0.4) is 0 Å². The number of nitrogens with one attached hydrogen (secondary N) is 2. The van der Waals surface area contributed by atoms with Gasteiger partial charge in [-0.1, -0.05) is 12.1 Å². The van der Waals surface area contributed by atoms with Crippen molar-refractivity contribution >= 4 is 29.0 Å². The Bertz CT molecular complexity index is 763. The zero-order valence-electron chi connectivity index (χ0n) is 15.8. The van der Waals surface area contributed by atoms with Crippen molar-refractivity contribution in [1.29, 1.82) is 0 Å². The number of hydrogen-bond acceptors (Lipinski definition) is 4. The number of piperazine rings is 1. The van der Waals surface area contributed by atoms with Crippen molar-refractivity contribution < 1.29 is 9.59 Å². The van der Waals surface area contributed by atoms with Crippen LogP contribution in [0.25, 0.3) is 0 Å². The van der Waals surface area contributed by atoms with Crippen LogP contribution in [0.4, 0.5) is 10.5 Å². The van der Waals surface area contributed by atoms with E-state index in [-0.39, 0.29) is 11.9 Å². The molecule has 27 heavy (non-hydrogen) atoms. The third-order valence-electron chi connectivity index (χ3n) is 4.58. The average Bonchev–Trinajstić information content (AvgIpc) is 3.15. The Morgan fingerprint density at radius 2 is 1.78 bits per heavy atom. The standard InChI is InChI=1S/C20H26N4O2S/c1-15-12-16(2)14-17(13-15)22-20(26)21-5-6-23-7-9-24(10-8-23)19(25)18-4-3-11-27-18/h3-4,11-14H,5-10H2,1-2H3,(H2,21,22,26). The van der Waals surface area contributed by atoms with Gasteiger partial charge in [-0.2, -0.15) is 0 Å². The van der Waals surface area contributed by atoms with Gasteiger partial charge >= 0.3 is 6.03 Å². The van der Waals surface area contributed by atoms with Crippen LogP contribution in [-0.4, -0.2) is 61.0 Å². The molecule has 3 amide bonds. The van der Waals surface area contributed by atoms with Crippen LogP contribution in [0.15, 0.2) is 35.7 Å². The van der Waals surface area contributed by atoms with Crippen molar-refractivity contribution in [1.82, 2.24) is 15.1 Å². The van der Waals surface area contributed by atoms with E-state index in [2.05, 4.69) is 21.6 Å². The summed E-state index contributed by atoms with van der Waals surface area (Å²) >= 11 is 1.49. The minimum absolute atomic E-state index is 0.121. The highest BCUT2D eigenvalue weighted by Crippen LogP contribution is 2.14. The number of rotatable bonds is 5. The predicted molar refractivity (Wildman–Crippen MR) is 110 cm³/mol. The van der Waals surface area contributed by atoms with E-state index in [1.807, 2.05) is 48.4 Å². The molecule has 0 saturated carbocycles. The molecule has 0 atom stereocenters. The van der Waals surface area contributed by atoms with Gasteiger partial charge in [0.2, 0.25) is 0 Å². The Morgan fingerprint density at radius 1 is 1.07 bits per heavy atom. The van der Waals surface area contributed by atoms with E-state index < -0.39 is 0 Å². The smallest absolute Gasteiger partial charge is 0.319 e. The van der Waals surface area contributed by atoms with Gasteiger partial charge < -0.3 is 15.5 Å². The van der Waals surface area contributed by atoms with Crippen molar-refractivity contribution in [3.63, 3.8) is 0 Å². The highest BCUT2D eigenvalue weighted by atomic mass is 32.1. The van der Waals surface area contributed by atoms with Gasteiger partial charge in [0.05, 0.1) is 4.88 Å². The van der Waals surface area contributed by atoms with Crippen LogP contribution in [0.5, 0.6) is 0 Å². The fourth-order valence-corrected chi connectivity index (χ4v) is 3.97. The number of benzene rings is 1. The van der Waals surface area contributed by atoms with Crippen molar-refractivity contribution in [2.24, 2.45) is 0 Å². The zero-order valence-corrected chi connectivity index (χ0v) is 16.6. The molecule has 2 N–H and O–H groups in total. The Labute approximate surface area is 164 Å². The topological polar surface area (TPSA) is 64.7 Å². The number of thiophene rings is 1. The van der Waals surface area contributed by atoms with Gasteiger partial charge in [-0.25, -0.2) is 4.79 Å². The largest absolute Gasteiger partial charge is 0.337 e. The van der Waals surface area contributed by atoms with E-state index in [9.17, 15) is 9.59 Å². The van der Waals surface area contributed by atoms with E-state index in [1.54, 1.807) is 0 Å². The first-order valence-electron chi connectivity index (χ1n) is 9.19. The average molecular weight is 387 g/mol. The number of aryl methyl sites for hydroxylation is 2. The van der Waals surface area contributed by atoms with Crippen molar-refractivity contribution in [3.05, 3.63) is 51.7 Å². The van der Waals surface area contributed by atoms with E-state index in [4.69, 9.17) is 0 Å². The molecule has 0 spiro atoms. The van der Waals surface area contributed by atoms with Crippen molar-refractivity contribution in [2.45, 2.75) is 13.8 Å². The van der Waals surface area contributed by atoms with Gasteiger partial charge in [0.15, 0.2) is 0 Å². The zero-order chi connectivity index (χ0) is 19.2. The van der Waals surface area contributed by atoms with Gasteiger partial charge in [-0.3, -0.25) is 9.69 Å². The van der Waals surface area contributed by atoms with Gasteiger partial charge in [-0.15, -0.1) is 11.3 Å². The van der Waals surface area contributed by atoms with Crippen LogP contribution >= 0.6 is 11.3 Å². The number of hydrogen-bond donors (Lipinski definition) is 2. The minimum Gasteiger partial charge on any atom is -0.337 e. The lowest BCUT2D eigenvalue weighted by Crippen LogP contribution is -2.50. The quantitative estimate of drug-likeness (QED) is 0.830. The summed E-state index contributed by atoms with van der Waals surface area (Å²) in [5.41, 5.74) is 3.06. The van der Waals surface area contributed by atoms with Crippen LogP contribution < -0.4 is 10.6 Å². The third kappa shape index (κ3) is 5.55. The highest BCUT2D eigenvalue weighted by Gasteiger charge is 2.22. The SMILES string of the molecule is Cc1cc(C)cc(NC(=O)NCCN2CCN(C(=O)c3cccs3)CC2)c1. The van der Waals surface area contributed by atoms with E-state index in [0.29, 0.717) is 6.54 Å². The molecule has 2 aromatic rings. The summed E-state index contributed by atoms with van der Waals surface area (Å²) in [4.78, 5) is 29.4. The van der Waals surface area contributed by atoms with Crippen LogP contribution in [0.1, 0.15) is 20.8 Å². The molecule has 0 aliphatic carbocycles. The Balaban J connectivity index is 1.36. The first-order valence-corrected chi connectivity index (χ1v) is 10.1. The molecule has 6 nitrogen and oxygen atoms in total. The number of nitrogens with zero attached hydrogens (tertiary/aromatic N) is 2. The molecule has 1 aliphatic rings. The maximum atomic E-state index is 12.3. The first kappa shape index (κ1) is 19.4. The second-order valence-electron chi connectivity index (χ2n) is 6.87. The minimum atomic E-state index is -0.188. The predicted octanol–water partition coefficient (Wildman–Crippen LogP) is 2.94. The van der Waals surface area contributed by atoms with E-state index in [0.717, 1.165) is 54.4 Å². The molecule has 1 saturated heterocycles. The summed E-state index contributed by atoms with van der Waals surface area (Å²) < 4.78 is 0. The molecule has 7 heteroatoms. The summed E-state index contributed by atoms with van der Waals surface area (Å²) in [6, 6.07) is 9.57. The van der Waals surface area contributed by atoms with Crippen LogP contribution in [-0.2, 0) is 0 Å². The number of amides is 3. The number of urea groups is 1. The van der Waals surface area contributed by atoms with Crippen molar-refractivity contribution in [2.75, 3.05) is 44.6 Å². The molecule has 0 radical (unpaired) electrons. The molecule has 1 aromatic heterocycles. The van der Waals surface area contributed by atoms with Crippen LogP contribution in [0, 0.1) is 13.8 Å². The lowest BCUT2D eigenvalue weighted by atomic mass is 10.1. The lowest BCUT2D eigenvalue weighted by molar-refractivity contribution is 0.0644. The molecular formula is C20H26N4O2S. The van der Waals surface area contributed by atoms with Gasteiger partial charge in [-0.05, 0) is 48.6 Å². The summed E-state index contributed by atoms with van der Waals surface area (Å²) in [6.45, 7) is 8.50. The van der Waals surface area contributed by atoms with E-state index >= 15 is 0 Å². The molecule has 0 bridgehead atoms. The second-order valence-corrected chi connectivity index (χ2v) is 7.82. The summed E-state index contributed by atoms with van der Waals surface area (Å²) in [6.07, 6.45) is 0. The third-order valence-corrected chi connectivity index (χ3v) is 5.44. The van der Waals surface area contributed by atoms with Crippen LogP contribution in [0.2, 0.25) is 0 Å². The number of anilines is 1. The maximum absolute atomic E-state index is 12.3. The van der Waals surface area contributed by atoms with Crippen molar-refractivity contribution in [3.8, 4) is 0 Å². The number of carbonyl (C=O) groups excluding carboxylic acids is 2. The molecule has 2 heterocycles. The molecule has 144 valence electrons. The monoisotopic (exact) mass is 386 g/mol. The molecular weight excluding hydrogens is 360 g/mol. The molecule has 0 unspecified atom stereocenters. The first-order chi connectivity index (χ1) is 13.0. The Hall–Kier alpha value is -2.38. The maximum Gasteiger partial charge on any atom is 0.319 e. The summed E-state index contributed by atoms with van der Waals surface area (Å²) in [5, 5.41) is 7.71. The molecule has 3 rings (SSSR count). The van der Waals surface area contributed by atoms with Gasteiger partial charge in [0, 0.05) is 45.0 Å². The Morgan fingerprint density at radius 3 is 2.41 bits per heavy atom. The van der Waals surface area contributed by atoms with Gasteiger partial charge in [0.1, 0.15) is 0 Å². The summed E-state index contributed by atoms with van der Waals surface area (Å²) in [5.74, 6) is 0.121. The molecule has 1 fully saturated rings. The van der Waals surface area contributed by atoms with E-state index in [1.165, 1.54) is 11.3 Å². The Kier molecular flexibility index (Phi) is 6.47. The lowest BCUT2D eigenvalue weighted by Gasteiger charge is -2.34. The van der Waals surface area contributed by atoms with Gasteiger partial charge in [0.25, 0.3) is 5.91 Å². The number of carbonyl (C=O) groups is 2. The normalized spacial score (nSPS) is 14.8.